The molecule has 0 N–H and O–H groups in total. The molecule has 0 radical (unpaired) electrons. The standard InChI is InChI=1S/C42H26N2S/c1-5-16-37-31(12-1)32-13-2-6-17-38(32)44(37)30-21-22-40-35(26-30)33-14-3-7-18-39(33)43(40)29-11-9-10-27(24-29)28-20-23-42-36(25-28)34-15-4-8-19-41(34)45-42/h1-26H. The Morgan fingerprint density at radius 1 is 0.311 bits per heavy atom. The van der Waals surface area contributed by atoms with E-state index >= 15 is 0 Å². The van der Waals surface area contributed by atoms with Gasteiger partial charge in [-0.2, -0.15) is 0 Å². The molecule has 0 aliphatic heterocycles. The Balaban J connectivity index is 1.17. The average molecular weight is 591 g/mol. The first kappa shape index (κ1) is 24.8. The normalized spacial score (nSPS) is 12.0. The molecule has 2 nitrogen and oxygen atoms in total. The van der Waals surface area contributed by atoms with Crippen LogP contribution in [0.2, 0.25) is 0 Å². The van der Waals surface area contributed by atoms with Crippen LogP contribution in [0.1, 0.15) is 0 Å². The lowest BCUT2D eigenvalue weighted by atomic mass is 10.0. The molecule has 0 spiro atoms. The summed E-state index contributed by atoms with van der Waals surface area (Å²) in [4.78, 5) is 0. The van der Waals surface area contributed by atoms with Gasteiger partial charge in [-0.3, -0.25) is 0 Å². The lowest BCUT2D eigenvalue weighted by Crippen LogP contribution is -1.96. The average Bonchev–Trinajstić information content (AvgIpc) is 3.75. The van der Waals surface area contributed by atoms with Crippen LogP contribution in [0.5, 0.6) is 0 Å². The van der Waals surface area contributed by atoms with E-state index in [-0.39, 0.29) is 0 Å². The van der Waals surface area contributed by atoms with Crippen molar-refractivity contribution in [1.29, 1.82) is 0 Å². The van der Waals surface area contributed by atoms with Gasteiger partial charge in [0.05, 0.1) is 22.1 Å². The molecule has 3 heterocycles. The van der Waals surface area contributed by atoms with Crippen LogP contribution in [0, 0.1) is 0 Å². The molecule has 0 bridgehead atoms. The molecule has 0 atom stereocenters. The number of hydrogen-bond donors (Lipinski definition) is 0. The third kappa shape index (κ3) is 3.62. The summed E-state index contributed by atoms with van der Waals surface area (Å²) in [5.41, 5.74) is 9.67. The first-order chi connectivity index (χ1) is 22.3. The van der Waals surface area contributed by atoms with Crippen molar-refractivity contribution < 1.29 is 0 Å². The van der Waals surface area contributed by atoms with Crippen LogP contribution in [0.15, 0.2) is 158 Å². The minimum Gasteiger partial charge on any atom is -0.309 e. The minimum absolute atomic E-state index is 1.17. The maximum absolute atomic E-state index is 2.42. The zero-order chi connectivity index (χ0) is 29.5. The molecule has 7 aromatic carbocycles. The summed E-state index contributed by atoms with van der Waals surface area (Å²) >= 11 is 1.86. The van der Waals surface area contributed by atoms with Gasteiger partial charge in [-0.25, -0.2) is 0 Å². The predicted octanol–water partition coefficient (Wildman–Crippen LogP) is 11.9. The van der Waals surface area contributed by atoms with Gasteiger partial charge in [0, 0.05) is 53.1 Å². The molecule has 0 amide bonds. The molecule has 10 rings (SSSR count). The fourth-order valence-electron chi connectivity index (χ4n) is 7.31. The van der Waals surface area contributed by atoms with Gasteiger partial charge in [0.2, 0.25) is 0 Å². The van der Waals surface area contributed by atoms with Gasteiger partial charge in [-0.1, -0.05) is 91.0 Å². The van der Waals surface area contributed by atoms with Crippen LogP contribution >= 0.6 is 11.3 Å². The summed E-state index contributed by atoms with van der Waals surface area (Å²) < 4.78 is 7.49. The highest BCUT2D eigenvalue weighted by molar-refractivity contribution is 7.25. The molecule has 210 valence electrons. The summed E-state index contributed by atoms with van der Waals surface area (Å²) in [6.45, 7) is 0. The van der Waals surface area contributed by atoms with Crippen molar-refractivity contribution in [2.24, 2.45) is 0 Å². The van der Waals surface area contributed by atoms with Crippen molar-refractivity contribution in [3.8, 4) is 22.5 Å². The zero-order valence-corrected chi connectivity index (χ0v) is 25.1. The van der Waals surface area contributed by atoms with E-state index in [1.807, 2.05) is 11.3 Å². The largest absolute Gasteiger partial charge is 0.309 e. The Morgan fingerprint density at radius 2 is 0.844 bits per heavy atom. The van der Waals surface area contributed by atoms with Gasteiger partial charge in [0.1, 0.15) is 0 Å². The fourth-order valence-corrected chi connectivity index (χ4v) is 8.40. The highest BCUT2D eigenvalue weighted by Gasteiger charge is 2.16. The molecule has 0 saturated heterocycles. The lowest BCUT2D eigenvalue weighted by molar-refractivity contribution is 1.17. The van der Waals surface area contributed by atoms with E-state index in [0.717, 1.165) is 0 Å². The van der Waals surface area contributed by atoms with Crippen molar-refractivity contribution in [2.75, 3.05) is 0 Å². The van der Waals surface area contributed by atoms with Crippen molar-refractivity contribution in [3.05, 3.63) is 158 Å². The second-order valence-corrected chi connectivity index (χ2v) is 12.9. The number of benzene rings is 7. The van der Waals surface area contributed by atoms with Gasteiger partial charge in [-0.05, 0) is 77.9 Å². The van der Waals surface area contributed by atoms with Crippen LogP contribution < -0.4 is 0 Å². The van der Waals surface area contributed by atoms with Crippen molar-refractivity contribution in [1.82, 2.24) is 9.13 Å². The van der Waals surface area contributed by atoms with E-state index < -0.39 is 0 Å². The van der Waals surface area contributed by atoms with Crippen molar-refractivity contribution in [2.45, 2.75) is 0 Å². The van der Waals surface area contributed by atoms with Crippen LogP contribution in [-0.4, -0.2) is 9.13 Å². The monoisotopic (exact) mass is 590 g/mol. The Kier molecular flexibility index (Phi) is 5.19. The number of thiophene rings is 1. The summed E-state index contributed by atoms with van der Waals surface area (Å²) in [6.07, 6.45) is 0. The van der Waals surface area contributed by atoms with Gasteiger partial charge >= 0.3 is 0 Å². The van der Waals surface area contributed by atoms with E-state index in [1.165, 1.54) is 86.3 Å². The molecule has 10 aromatic rings. The molecule has 3 heteroatoms. The lowest BCUT2D eigenvalue weighted by Gasteiger charge is -2.12. The van der Waals surface area contributed by atoms with E-state index in [1.54, 1.807) is 0 Å². The maximum atomic E-state index is 2.42. The topological polar surface area (TPSA) is 9.86 Å². The van der Waals surface area contributed by atoms with Gasteiger partial charge < -0.3 is 9.13 Å². The van der Waals surface area contributed by atoms with E-state index in [0.29, 0.717) is 0 Å². The SMILES string of the molecule is c1cc(-c2ccc3sc4ccccc4c3c2)cc(-n2c3ccccc3c3cc(-n4c5ccccc5c5ccccc54)ccc32)c1. The number of para-hydroxylation sites is 3. The Bertz CT molecular complexity index is 2720. The number of nitrogens with zero attached hydrogens (tertiary/aromatic N) is 2. The number of rotatable bonds is 3. The molecule has 0 fully saturated rings. The molecule has 0 aliphatic rings. The van der Waals surface area contributed by atoms with Gasteiger partial charge in [-0.15, -0.1) is 11.3 Å². The Morgan fingerprint density at radius 3 is 1.56 bits per heavy atom. The number of hydrogen-bond acceptors (Lipinski definition) is 1. The highest BCUT2D eigenvalue weighted by Crippen LogP contribution is 2.39. The Hall–Kier alpha value is -5.64. The predicted molar refractivity (Wildman–Crippen MR) is 193 cm³/mol. The molecule has 45 heavy (non-hydrogen) atoms. The highest BCUT2D eigenvalue weighted by atomic mass is 32.1. The number of fused-ring (bicyclic) bond motifs is 9. The van der Waals surface area contributed by atoms with Crippen LogP contribution in [0.3, 0.4) is 0 Å². The fraction of sp³-hybridized carbons (Fsp3) is 0. The minimum atomic E-state index is 1.17. The number of aromatic nitrogens is 2. The smallest absolute Gasteiger partial charge is 0.0542 e. The van der Waals surface area contributed by atoms with Crippen LogP contribution in [0.4, 0.5) is 0 Å². The summed E-state index contributed by atoms with van der Waals surface area (Å²) in [7, 11) is 0. The zero-order valence-electron chi connectivity index (χ0n) is 24.3. The van der Waals surface area contributed by atoms with E-state index in [4.69, 9.17) is 0 Å². The third-order valence-corrected chi connectivity index (χ3v) is 10.5. The second-order valence-electron chi connectivity index (χ2n) is 11.8. The maximum Gasteiger partial charge on any atom is 0.0542 e. The quantitative estimate of drug-likeness (QED) is 0.194. The molecular formula is C42H26N2S. The van der Waals surface area contributed by atoms with Crippen molar-refractivity contribution in [3.63, 3.8) is 0 Å². The van der Waals surface area contributed by atoms with Crippen LogP contribution in [-0.2, 0) is 0 Å². The molecule has 0 unspecified atom stereocenters. The molecule has 0 saturated carbocycles. The third-order valence-electron chi connectivity index (χ3n) is 9.31. The summed E-state index contributed by atoms with van der Waals surface area (Å²) in [5.74, 6) is 0. The summed E-state index contributed by atoms with van der Waals surface area (Å²) in [6, 6.07) is 57.8. The van der Waals surface area contributed by atoms with Gasteiger partial charge in [0.25, 0.3) is 0 Å². The first-order valence-electron chi connectivity index (χ1n) is 15.4. The van der Waals surface area contributed by atoms with E-state index in [2.05, 4.69) is 167 Å². The Labute approximate surface area is 263 Å². The molecule has 3 aromatic heterocycles. The molecule has 0 aliphatic carbocycles. The van der Waals surface area contributed by atoms with Gasteiger partial charge in [0.15, 0.2) is 0 Å². The summed E-state index contributed by atoms with van der Waals surface area (Å²) in [5, 5.41) is 7.72. The first-order valence-corrected chi connectivity index (χ1v) is 16.2. The second kappa shape index (κ2) is 9.43. The van der Waals surface area contributed by atoms with Crippen molar-refractivity contribution >= 4 is 75.1 Å². The van der Waals surface area contributed by atoms with E-state index in [9.17, 15) is 0 Å². The molecular weight excluding hydrogens is 565 g/mol. The van der Waals surface area contributed by atoms with Crippen LogP contribution in [0.25, 0.3) is 86.3 Å².